The van der Waals surface area contributed by atoms with E-state index < -0.39 is 5.60 Å². The number of ether oxygens (including phenoxy) is 2. The molecule has 1 amide bonds. The summed E-state index contributed by atoms with van der Waals surface area (Å²) in [6, 6.07) is 6.84. The molecule has 0 spiro atoms. The lowest BCUT2D eigenvalue weighted by atomic mass is 10.1. The standard InChI is InChI=1S/C15H21NO4/c1-15(2,3)20-14(18)16-8-9-19-13(10-16)11-4-6-12(17)7-5-11/h4-7,13,17H,8-10H2,1-3H3/t13-/m1/s1. The van der Waals surface area contributed by atoms with Gasteiger partial charge in [-0.25, -0.2) is 4.79 Å². The minimum atomic E-state index is -0.497. The smallest absolute Gasteiger partial charge is 0.410 e. The van der Waals surface area contributed by atoms with E-state index in [1.165, 1.54) is 0 Å². The summed E-state index contributed by atoms with van der Waals surface area (Å²) in [4.78, 5) is 13.7. The van der Waals surface area contributed by atoms with Crippen molar-refractivity contribution in [3.63, 3.8) is 0 Å². The van der Waals surface area contributed by atoms with Crippen molar-refractivity contribution in [3.05, 3.63) is 29.8 Å². The van der Waals surface area contributed by atoms with Crippen LogP contribution in [0, 0.1) is 0 Å². The third-order valence-electron chi connectivity index (χ3n) is 2.98. The summed E-state index contributed by atoms with van der Waals surface area (Å²) in [6.07, 6.45) is -0.499. The van der Waals surface area contributed by atoms with E-state index in [2.05, 4.69) is 0 Å². The van der Waals surface area contributed by atoms with Gasteiger partial charge in [0.05, 0.1) is 13.2 Å². The molecule has 1 N–H and O–H groups in total. The van der Waals surface area contributed by atoms with E-state index in [-0.39, 0.29) is 17.9 Å². The number of aromatic hydroxyl groups is 1. The van der Waals surface area contributed by atoms with Crippen molar-refractivity contribution in [2.24, 2.45) is 0 Å². The van der Waals surface area contributed by atoms with E-state index in [1.54, 1.807) is 29.2 Å². The summed E-state index contributed by atoms with van der Waals surface area (Å²) in [5.74, 6) is 0.216. The number of nitrogens with zero attached hydrogens (tertiary/aromatic N) is 1. The van der Waals surface area contributed by atoms with Gasteiger partial charge in [0.15, 0.2) is 0 Å². The van der Waals surface area contributed by atoms with Gasteiger partial charge in [0, 0.05) is 6.54 Å². The second-order valence-corrected chi connectivity index (χ2v) is 5.88. The largest absolute Gasteiger partial charge is 0.508 e. The summed E-state index contributed by atoms with van der Waals surface area (Å²) in [5, 5.41) is 9.30. The fourth-order valence-corrected chi connectivity index (χ4v) is 2.03. The summed E-state index contributed by atoms with van der Waals surface area (Å²) < 4.78 is 11.1. The van der Waals surface area contributed by atoms with Gasteiger partial charge in [0.1, 0.15) is 17.5 Å². The molecule has 110 valence electrons. The second kappa shape index (κ2) is 5.71. The number of rotatable bonds is 1. The molecule has 1 aromatic carbocycles. The zero-order valence-corrected chi connectivity index (χ0v) is 12.1. The van der Waals surface area contributed by atoms with Crippen molar-refractivity contribution in [2.75, 3.05) is 19.7 Å². The number of amides is 1. The Labute approximate surface area is 119 Å². The molecule has 0 radical (unpaired) electrons. The predicted molar refractivity (Wildman–Crippen MR) is 74.6 cm³/mol. The molecule has 0 aliphatic carbocycles. The average molecular weight is 279 g/mol. The molecule has 1 fully saturated rings. The van der Waals surface area contributed by atoms with Gasteiger partial charge in [-0.05, 0) is 38.5 Å². The van der Waals surface area contributed by atoms with Gasteiger partial charge in [-0.1, -0.05) is 12.1 Å². The van der Waals surface area contributed by atoms with Gasteiger partial charge in [-0.3, -0.25) is 0 Å². The number of carbonyl (C=O) groups excluding carboxylic acids is 1. The lowest BCUT2D eigenvalue weighted by molar-refractivity contribution is -0.0433. The first kappa shape index (κ1) is 14.7. The first-order chi connectivity index (χ1) is 9.35. The van der Waals surface area contributed by atoms with Gasteiger partial charge in [0.25, 0.3) is 0 Å². The van der Waals surface area contributed by atoms with Crippen molar-refractivity contribution in [1.29, 1.82) is 0 Å². The second-order valence-electron chi connectivity index (χ2n) is 5.88. The number of hydrogen-bond acceptors (Lipinski definition) is 4. The van der Waals surface area contributed by atoms with Gasteiger partial charge < -0.3 is 19.5 Å². The Balaban J connectivity index is 2.01. The average Bonchev–Trinajstić information content (AvgIpc) is 2.38. The van der Waals surface area contributed by atoms with E-state index in [9.17, 15) is 9.90 Å². The first-order valence-corrected chi connectivity index (χ1v) is 6.73. The Morgan fingerprint density at radius 2 is 2.00 bits per heavy atom. The fraction of sp³-hybridized carbons (Fsp3) is 0.533. The van der Waals surface area contributed by atoms with Crippen molar-refractivity contribution in [1.82, 2.24) is 4.90 Å². The van der Waals surface area contributed by atoms with E-state index in [0.717, 1.165) is 5.56 Å². The molecule has 0 aromatic heterocycles. The van der Waals surface area contributed by atoms with E-state index in [4.69, 9.17) is 9.47 Å². The molecule has 1 aromatic rings. The Morgan fingerprint density at radius 3 is 2.60 bits per heavy atom. The van der Waals surface area contributed by atoms with Crippen LogP contribution < -0.4 is 0 Å². The third kappa shape index (κ3) is 3.87. The van der Waals surface area contributed by atoms with Crippen LogP contribution in [0.25, 0.3) is 0 Å². The number of benzene rings is 1. The predicted octanol–water partition coefficient (Wildman–Crippen LogP) is 2.70. The lowest BCUT2D eigenvalue weighted by Gasteiger charge is -2.34. The summed E-state index contributed by atoms with van der Waals surface area (Å²) >= 11 is 0. The molecular formula is C15H21NO4. The van der Waals surface area contributed by atoms with Crippen LogP contribution in [0.15, 0.2) is 24.3 Å². The van der Waals surface area contributed by atoms with Crippen LogP contribution in [0.1, 0.15) is 32.4 Å². The summed E-state index contributed by atoms with van der Waals surface area (Å²) in [7, 11) is 0. The molecule has 20 heavy (non-hydrogen) atoms. The van der Waals surface area contributed by atoms with E-state index in [1.807, 2.05) is 20.8 Å². The van der Waals surface area contributed by atoms with Crippen LogP contribution in [0.4, 0.5) is 4.79 Å². The molecule has 1 atom stereocenters. The van der Waals surface area contributed by atoms with Crippen molar-refractivity contribution >= 4 is 6.09 Å². The van der Waals surface area contributed by atoms with Crippen molar-refractivity contribution in [2.45, 2.75) is 32.5 Å². The van der Waals surface area contributed by atoms with Crippen LogP contribution in [-0.4, -0.2) is 41.4 Å². The molecule has 1 aliphatic heterocycles. The Morgan fingerprint density at radius 1 is 1.35 bits per heavy atom. The molecule has 1 aliphatic rings. The molecule has 1 saturated heterocycles. The number of hydrogen-bond donors (Lipinski definition) is 1. The molecule has 5 nitrogen and oxygen atoms in total. The maximum atomic E-state index is 12.1. The van der Waals surface area contributed by atoms with E-state index >= 15 is 0 Å². The molecule has 0 saturated carbocycles. The molecule has 0 unspecified atom stereocenters. The highest BCUT2D eigenvalue weighted by Gasteiger charge is 2.28. The van der Waals surface area contributed by atoms with Gasteiger partial charge >= 0.3 is 6.09 Å². The minimum Gasteiger partial charge on any atom is -0.508 e. The SMILES string of the molecule is CC(C)(C)OC(=O)N1CCO[C@@H](c2ccc(O)cc2)C1. The Hall–Kier alpha value is -1.75. The van der Waals surface area contributed by atoms with Crippen molar-refractivity contribution < 1.29 is 19.4 Å². The summed E-state index contributed by atoms with van der Waals surface area (Å²) in [6.45, 7) is 7.02. The molecule has 5 heteroatoms. The highest BCUT2D eigenvalue weighted by atomic mass is 16.6. The third-order valence-corrected chi connectivity index (χ3v) is 2.98. The molecule has 1 heterocycles. The summed E-state index contributed by atoms with van der Waals surface area (Å²) in [5.41, 5.74) is 0.444. The minimum absolute atomic E-state index is 0.183. The first-order valence-electron chi connectivity index (χ1n) is 6.73. The van der Waals surface area contributed by atoms with E-state index in [0.29, 0.717) is 19.7 Å². The number of phenolic OH excluding ortho intramolecular Hbond substituents is 1. The Kier molecular flexibility index (Phi) is 4.18. The maximum absolute atomic E-state index is 12.1. The topological polar surface area (TPSA) is 59.0 Å². The quantitative estimate of drug-likeness (QED) is 0.858. The zero-order valence-electron chi connectivity index (χ0n) is 12.1. The van der Waals surface area contributed by atoms with Crippen LogP contribution in [0.3, 0.4) is 0 Å². The zero-order chi connectivity index (χ0) is 14.8. The van der Waals surface area contributed by atoms with Gasteiger partial charge in [-0.2, -0.15) is 0 Å². The van der Waals surface area contributed by atoms with Gasteiger partial charge in [-0.15, -0.1) is 0 Å². The fourth-order valence-electron chi connectivity index (χ4n) is 2.03. The van der Waals surface area contributed by atoms with Crippen molar-refractivity contribution in [3.8, 4) is 5.75 Å². The number of phenols is 1. The van der Waals surface area contributed by atoms with Gasteiger partial charge in [0.2, 0.25) is 0 Å². The molecule has 2 rings (SSSR count). The molecule has 0 bridgehead atoms. The number of morpholine rings is 1. The highest BCUT2D eigenvalue weighted by molar-refractivity contribution is 5.68. The van der Waals surface area contributed by atoms with Crippen LogP contribution in [-0.2, 0) is 9.47 Å². The monoisotopic (exact) mass is 279 g/mol. The normalized spacial score (nSPS) is 19.8. The Bertz CT molecular complexity index is 464. The maximum Gasteiger partial charge on any atom is 0.410 e. The van der Waals surface area contributed by atoms with Crippen LogP contribution in [0.2, 0.25) is 0 Å². The van der Waals surface area contributed by atoms with Crippen LogP contribution in [0.5, 0.6) is 5.75 Å². The van der Waals surface area contributed by atoms with Crippen LogP contribution >= 0.6 is 0 Å². The number of carbonyl (C=O) groups is 1. The lowest BCUT2D eigenvalue weighted by Crippen LogP contribution is -2.44. The molecular weight excluding hydrogens is 258 g/mol. The highest BCUT2D eigenvalue weighted by Crippen LogP contribution is 2.24.